The molecule has 0 spiro atoms. The first-order valence-electron chi connectivity index (χ1n) is 6.11. The third-order valence-electron chi connectivity index (χ3n) is 3.02. The number of para-hydroxylation sites is 1. The van der Waals surface area contributed by atoms with Crippen LogP contribution >= 0.6 is 0 Å². The van der Waals surface area contributed by atoms with Crippen LogP contribution in [0.2, 0.25) is 0 Å². The van der Waals surface area contributed by atoms with Gasteiger partial charge in [0.1, 0.15) is 11.5 Å². The topological polar surface area (TPSA) is 44.8 Å². The minimum Gasteiger partial charge on any atom is -0.496 e. The molecule has 0 saturated heterocycles. The van der Waals surface area contributed by atoms with Crippen molar-refractivity contribution in [1.82, 2.24) is 0 Å². The van der Waals surface area contributed by atoms with Crippen LogP contribution in [0.3, 0.4) is 0 Å². The third-order valence-corrected chi connectivity index (χ3v) is 3.02. The highest BCUT2D eigenvalue weighted by atomic mass is 16.5. The zero-order valence-electron chi connectivity index (χ0n) is 11.7. The number of esters is 1. The number of carbonyl (C=O) groups excluding carboxylic acids is 1. The van der Waals surface area contributed by atoms with Crippen molar-refractivity contribution in [3.63, 3.8) is 0 Å². The van der Waals surface area contributed by atoms with Crippen molar-refractivity contribution in [2.24, 2.45) is 0 Å². The molecule has 0 aromatic heterocycles. The summed E-state index contributed by atoms with van der Waals surface area (Å²) in [5.74, 6) is 0.999. The monoisotopic (exact) mass is 272 g/mol. The molecule has 0 heterocycles. The third kappa shape index (κ3) is 2.59. The van der Waals surface area contributed by atoms with E-state index in [1.54, 1.807) is 32.4 Å². The quantitative estimate of drug-likeness (QED) is 0.802. The summed E-state index contributed by atoms with van der Waals surface area (Å²) < 4.78 is 15.5. The summed E-state index contributed by atoms with van der Waals surface area (Å²) in [6.45, 7) is 0. The van der Waals surface area contributed by atoms with Gasteiger partial charge in [0.05, 0.1) is 26.9 Å². The summed E-state index contributed by atoms with van der Waals surface area (Å²) in [6, 6.07) is 12.7. The molecule has 0 aliphatic carbocycles. The van der Waals surface area contributed by atoms with Gasteiger partial charge in [0.2, 0.25) is 0 Å². The molecule has 0 N–H and O–H groups in total. The lowest BCUT2D eigenvalue weighted by Gasteiger charge is -2.13. The second-order valence-corrected chi connectivity index (χ2v) is 4.11. The second kappa shape index (κ2) is 6.10. The van der Waals surface area contributed by atoms with E-state index in [0.717, 1.165) is 11.1 Å². The van der Waals surface area contributed by atoms with E-state index in [-0.39, 0.29) is 5.97 Å². The van der Waals surface area contributed by atoms with Gasteiger partial charge in [-0.05, 0) is 24.3 Å². The number of ether oxygens (including phenoxy) is 3. The molecule has 2 rings (SSSR count). The fourth-order valence-corrected chi connectivity index (χ4v) is 2.03. The predicted octanol–water partition coefficient (Wildman–Crippen LogP) is 3.16. The molecule has 0 saturated carbocycles. The molecule has 0 unspecified atom stereocenters. The van der Waals surface area contributed by atoms with Crippen molar-refractivity contribution in [2.75, 3.05) is 21.3 Å². The average molecular weight is 272 g/mol. The van der Waals surface area contributed by atoms with Crippen LogP contribution in [0, 0.1) is 0 Å². The number of rotatable bonds is 4. The second-order valence-electron chi connectivity index (χ2n) is 4.11. The minimum atomic E-state index is -0.385. The van der Waals surface area contributed by atoms with Gasteiger partial charge in [-0.2, -0.15) is 0 Å². The van der Waals surface area contributed by atoms with Crippen molar-refractivity contribution in [3.8, 4) is 22.6 Å². The highest BCUT2D eigenvalue weighted by Gasteiger charge is 2.14. The lowest BCUT2D eigenvalue weighted by Crippen LogP contribution is -2.02. The smallest absolute Gasteiger partial charge is 0.337 e. The Morgan fingerprint density at radius 3 is 2.15 bits per heavy atom. The highest BCUT2D eigenvalue weighted by Crippen LogP contribution is 2.36. The number of hydrogen-bond donors (Lipinski definition) is 0. The van der Waals surface area contributed by atoms with Gasteiger partial charge >= 0.3 is 5.97 Å². The molecule has 0 amide bonds. The number of hydrogen-bond acceptors (Lipinski definition) is 4. The van der Waals surface area contributed by atoms with Gasteiger partial charge in [-0.1, -0.05) is 18.2 Å². The summed E-state index contributed by atoms with van der Waals surface area (Å²) in [4.78, 5) is 11.7. The van der Waals surface area contributed by atoms with Crippen LogP contribution in [0.5, 0.6) is 11.5 Å². The number of carbonyl (C=O) groups is 1. The first kappa shape index (κ1) is 13.9. The molecule has 4 heteroatoms. The summed E-state index contributed by atoms with van der Waals surface area (Å²) in [6.07, 6.45) is 0. The van der Waals surface area contributed by atoms with Gasteiger partial charge in [-0.3, -0.25) is 0 Å². The summed E-state index contributed by atoms with van der Waals surface area (Å²) >= 11 is 0. The highest BCUT2D eigenvalue weighted by molar-refractivity contribution is 5.92. The Bertz CT molecular complexity index is 620. The Balaban J connectivity index is 2.61. The van der Waals surface area contributed by atoms with Crippen LogP contribution in [0.15, 0.2) is 42.5 Å². The molecule has 0 fully saturated rings. The van der Waals surface area contributed by atoms with Crippen molar-refractivity contribution in [1.29, 1.82) is 0 Å². The average Bonchev–Trinajstić information content (AvgIpc) is 2.53. The van der Waals surface area contributed by atoms with Crippen molar-refractivity contribution in [2.45, 2.75) is 0 Å². The lowest BCUT2D eigenvalue weighted by molar-refractivity contribution is 0.0601. The molecule has 0 radical (unpaired) electrons. The van der Waals surface area contributed by atoms with E-state index in [2.05, 4.69) is 0 Å². The maximum Gasteiger partial charge on any atom is 0.337 e. The normalized spacial score (nSPS) is 9.95. The Morgan fingerprint density at radius 1 is 0.850 bits per heavy atom. The first-order valence-corrected chi connectivity index (χ1v) is 6.11. The van der Waals surface area contributed by atoms with Crippen molar-refractivity contribution in [3.05, 3.63) is 48.0 Å². The standard InChI is InChI=1S/C16H16O4/c1-18-14-7-5-4-6-12(14)13-10-11(16(17)20-3)8-9-15(13)19-2/h4-10H,1-3H3. The zero-order chi connectivity index (χ0) is 14.5. The molecule has 20 heavy (non-hydrogen) atoms. The fourth-order valence-electron chi connectivity index (χ4n) is 2.03. The molecule has 2 aromatic carbocycles. The van der Waals surface area contributed by atoms with E-state index in [4.69, 9.17) is 14.2 Å². The van der Waals surface area contributed by atoms with Crippen LogP contribution in [-0.4, -0.2) is 27.3 Å². The van der Waals surface area contributed by atoms with Crippen molar-refractivity contribution >= 4 is 5.97 Å². The number of methoxy groups -OCH3 is 3. The summed E-state index contributed by atoms with van der Waals surface area (Å²) in [7, 11) is 4.55. The number of benzene rings is 2. The Hall–Kier alpha value is -2.49. The Kier molecular flexibility index (Phi) is 4.25. The van der Waals surface area contributed by atoms with Gasteiger partial charge in [0.25, 0.3) is 0 Å². The maximum absolute atomic E-state index is 11.7. The fraction of sp³-hybridized carbons (Fsp3) is 0.188. The molecule has 4 nitrogen and oxygen atoms in total. The molecule has 0 atom stereocenters. The molecule has 2 aromatic rings. The zero-order valence-corrected chi connectivity index (χ0v) is 11.7. The maximum atomic E-state index is 11.7. The first-order chi connectivity index (χ1) is 9.71. The largest absolute Gasteiger partial charge is 0.496 e. The van der Waals surface area contributed by atoms with E-state index in [0.29, 0.717) is 17.1 Å². The SMILES string of the molecule is COC(=O)c1ccc(OC)c(-c2ccccc2OC)c1. The van der Waals surface area contributed by atoms with Crippen LogP contribution in [0.1, 0.15) is 10.4 Å². The predicted molar refractivity (Wildman–Crippen MR) is 76.3 cm³/mol. The molecule has 0 aliphatic heterocycles. The van der Waals surface area contributed by atoms with Crippen LogP contribution in [-0.2, 0) is 4.74 Å². The summed E-state index contributed by atoms with van der Waals surface area (Å²) in [5, 5.41) is 0. The van der Waals surface area contributed by atoms with Gasteiger partial charge in [-0.15, -0.1) is 0 Å². The Labute approximate surface area is 117 Å². The molecule has 104 valence electrons. The van der Waals surface area contributed by atoms with E-state index in [1.165, 1.54) is 7.11 Å². The summed E-state index contributed by atoms with van der Waals surface area (Å²) in [5.41, 5.74) is 2.11. The molecule has 0 bridgehead atoms. The van der Waals surface area contributed by atoms with Crippen LogP contribution in [0.4, 0.5) is 0 Å². The van der Waals surface area contributed by atoms with E-state index in [9.17, 15) is 4.79 Å². The molecular weight excluding hydrogens is 256 g/mol. The van der Waals surface area contributed by atoms with Crippen molar-refractivity contribution < 1.29 is 19.0 Å². The van der Waals surface area contributed by atoms with Gasteiger partial charge in [-0.25, -0.2) is 4.79 Å². The molecular formula is C16H16O4. The lowest BCUT2D eigenvalue weighted by atomic mass is 10.0. The minimum absolute atomic E-state index is 0.385. The van der Waals surface area contributed by atoms with Crippen LogP contribution in [0.25, 0.3) is 11.1 Å². The Morgan fingerprint density at radius 2 is 1.50 bits per heavy atom. The van der Waals surface area contributed by atoms with Crippen LogP contribution < -0.4 is 9.47 Å². The van der Waals surface area contributed by atoms with Gasteiger partial charge < -0.3 is 14.2 Å². The van der Waals surface area contributed by atoms with E-state index in [1.807, 2.05) is 24.3 Å². The van der Waals surface area contributed by atoms with E-state index >= 15 is 0 Å². The van der Waals surface area contributed by atoms with Gasteiger partial charge in [0.15, 0.2) is 0 Å². The molecule has 0 aliphatic rings. The van der Waals surface area contributed by atoms with Gasteiger partial charge in [0, 0.05) is 11.1 Å². The van der Waals surface area contributed by atoms with E-state index < -0.39 is 0 Å².